The van der Waals surface area contributed by atoms with Gasteiger partial charge in [-0.2, -0.15) is 0 Å². The number of ketones is 1. The minimum absolute atomic E-state index is 0.00274. The number of hydrogen-bond acceptors (Lipinski definition) is 3. The smallest absolute Gasteiger partial charge is 0.231 e. The minimum Gasteiger partial charge on any atom is -0.492 e. The quantitative estimate of drug-likeness (QED) is 0.873. The van der Waals surface area contributed by atoms with E-state index < -0.39 is 0 Å². The molecule has 3 rings (SSSR count). The number of carbonyl (C=O) groups is 2. The third-order valence-corrected chi connectivity index (χ3v) is 4.09. The molecule has 4 nitrogen and oxygen atoms in total. The molecule has 1 unspecified atom stereocenters. The van der Waals surface area contributed by atoms with Crippen molar-refractivity contribution in [3.05, 3.63) is 58.6 Å². The minimum atomic E-state index is -0.270. The second-order valence-corrected chi connectivity index (χ2v) is 6.02. The molecular weight excluding hydrogens is 314 g/mol. The largest absolute Gasteiger partial charge is 0.492 e. The Labute approximate surface area is 139 Å². The number of fused-ring (bicyclic) bond motifs is 1. The van der Waals surface area contributed by atoms with Crippen LogP contribution >= 0.6 is 11.6 Å². The average Bonchev–Trinajstić information content (AvgIpc) is 2.54. The van der Waals surface area contributed by atoms with Crippen LogP contribution in [0.1, 0.15) is 22.8 Å². The van der Waals surface area contributed by atoms with E-state index in [1.165, 1.54) is 6.92 Å². The van der Waals surface area contributed by atoms with Gasteiger partial charge in [0.25, 0.3) is 0 Å². The summed E-state index contributed by atoms with van der Waals surface area (Å²) in [6.45, 7) is 1.85. The molecule has 0 radical (unpaired) electrons. The monoisotopic (exact) mass is 329 g/mol. The number of hydrogen-bond donors (Lipinski definition) is 1. The highest BCUT2D eigenvalue weighted by Crippen LogP contribution is 2.30. The summed E-state index contributed by atoms with van der Waals surface area (Å²) in [5, 5.41) is 3.49. The second-order valence-electron chi connectivity index (χ2n) is 5.59. The van der Waals surface area contributed by atoms with E-state index in [1.54, 1.807) is 30.3 Å². The summed E-state index contributed by atoms with van der Waals surface area (Å²) in [6.07, 6.45) is 0.591. The molecule has 1 N–H and O–H groups in total. The summed E-state index contributed by atoms with van der Waals surface area (Å²) in [7, 11) is 0. The van der Waals surface area contributed by atoms with Gasteiger partial charge in [0.1, 0.15) is 12.4 Å². The molecule has 0 aliphatic carbocycles. The van der Waals surface area contributed by atoms with Crippen molar-refractivity contribution in [2.24, 2.45) is 5.92 Å². The van der Waals surface area contributed by atoms with Crippen LogP contribution in [0, 0.1) is 5.92 Å². The maximum atomic E-state index is 12.4. The van der Waals surface area contributed by atoms with Crippen LogP contribution in [0.2, 0.25) is 5.02 Å². The zero-order chi connectivity index (χ0) is 16.4. The molecule has 0 fully saturated rings. The Hall–Kier alpha value is -2.33. The van der Waals surface area contributed by atoms with Crippen LogP contribution in [0.4, 0.5) is 5.69 Å². The van der Waals surface area contributed by atoms with Crippen molar-refractivity contribution in [1.29, 1.82) is 0 Å². The van der Waals surface area contributed by atoms with E-state index in [0.29, 0.717) is 29.3 Å². The highest BCUT2D eigenvalue weighted by molar-refractivity contribution is 6.30. The Morgan fingerprint density at radius 1 is 1.17 bits per heavy atom. The molecule has 23 heavy (non-hydrogen) atoms. The molecule has 0 spiro atoms. The number of halogens is 1. The van der Waals surface area contributed by atoms with Gasteiger partial charge in [-0.15, -0.1) is 0 Å². The van der Waals surface area contributed by atoms with Crippen molar-refractivity contribution in [1.82, 2.24) is 0 Å². The van der Waals surface area contributed by atoms with Crippen molar-refractivity contribution in [3.63, 3.8) is 0 Å². The first-order valence-electron chi connectivity index (χ1n) is 7.36. The molecule has 1 aliphatic heterocycles. The Kier molecular flexibility index (Phi) is 4.35. The number of carbonyl (C=O) groups excluding carboxylic acids is 2. The number of nitrogens with one attached hydrogen (secondary N) is 1. The van der Waals surface area contributed by atoms with E-state index in [9.17, 15) is 9.59 Å². The highest BCUT2D eigenvalue weighted by atomic mass is 35.5. The molecule has 0 saturated heterocycles. The van der Waals surface area contributed by atoms with Gasteiger partial charge >= 0.3 is 0 Å². The van der Waals surface area contributed by atoms with Crippen LogP contribution in [0.5, 0.6) is 5.75 Å². The lowest BCUT2D eigenvalue weighted by molar-refractivity contribution is -0.121. The Morgan fingerprint density at radius 3 is 2.61 bits per heavy atom. The van der Waals surface area contributed by atoms with Crippen LogP contribution in [0.25, 0.3) is 0 Å². The summed E-state index contributed by atoms with van der Waals surface area (Å²) in [5.41, 5.74) is 2.22. The molecule has 0 bridgehead atoms. The van der Waals surface area contributed by atoms with Gasteiger partial charge in [0.15, 0.2) is 5.78 Å². The number of anilines is 1. The summed E-state index contributed by atoms with van der Waals surface area (Å²) in [6, 6.07) is 12.3. The number of Topliss-reactive ketones (excluding diaryl/α,β-unsaturated/α-hetero) is 1. The first-order valence-corrected chi connectivity index (χ1v) is 7.74. The number of amides is 1. The zero-order valence-corrected chi connectivity index (χ0v) is 13.4. The molecule has 1 amide bonds. The van der Waals surface area contributed by atoms with Crippen molar-refractivity contribution in [3.8, 4) is 5.75 Å². The lowest BCUT2D eigenvalue weighted by Crippen LogP contribution is -2.32. The normalized spacial score (nSPS) is 16.2. The van der Waals surface area contributed by atoms with E-state index >= 15 is 0 Å². The van der Waals surface area contributed by atoms with Gasteiger partial charge in [-0.25, -0.2) is 0 Å². The standard InChI is InChI=1S/C18H16ClNO3/c1-11(21)12-2-5-16(6-3-12)20-18(22)14-8-13-9-15(19)4-7-17(13)23-10-14/h2-7,9,14H,8,10H2,1H3,(H,20,22). The van der Waals surface area contributed by atoms with Gasteiger partial charge < -0.3 is 10.1 Å². The van der Waals surface area contributed by atoms with E-state index in [1.807, 2.05) is 12.1 Å². The van der Waals surface area contributed by atoms with Gasteiger partial charge in [-0.05, 0) is 61.4 Å². The number of rotatable bonds is 3. The maximum absolute atomic E-state index is 12.4. The van der Waals surface area contributed by atoms with E-state index in [2.05, 4.69) is 5.32 Å². The fourth-order valence-corrected chi connectivity index (χ4v) is 2.76. The van der Waals surface area contributed by atoms with Crippen LogP contribution in [-0.4, -0.2) is 18.3 Å². The van der Waals surface area contributed by atoms with Crippen LogP contribution in [0.3, 0.4) is 0 Å². The summed E-state index contributed by atoms with van der Waals surface area (Å²) >= 11 is 5.99. The second kappa shape index (κ2) is 6.42. The molecule has 118 valence electrons. The van der Waals surface area contributed by atoms with Gasteiger partial charge in [0, 0.05) is 16.3 Å². The first-order chi connectivity index (χ1) is 11.0. The van der Waals surface area contributed by atoms with Crippen molar-refractivity contribution >= 4 is 29.0 Å². The molecule has 5 heteroatoms. The fourth-order valence-electron chi connectivity index (χ4n) is 2.56. The third-order valence-electron chi connectivity index (χ3n) is 3.86. The van der Waals surface area contributed by atoms with Gasteiger partial charge in [-0.3, -0.25) is 9.59 Å². The molecule has 0 aromatic heterocycles. The van der Waals surface area contributed by atoms with E-state index in [4.69, 9.17) is 16.3 Å². The van der Waals surface area contributed by atoms with Gasteiger partial charge in [0.05, 0.1) is 5.92 Å². The first kappa shape index (κ1) is 15.6. The lowest BCUT2D eigenvalue weighted by Gasteiger charge is -2.24. The molecule has 1 atom stereocenters. The SMILES string of the molecule is CC(=O)c1ccc(NC(=O)C2COc3ccc(Cl)cc3C2)cc1. The fraction of sp³-hybridized carbons (Fsp3) is 0.222. The zero-order valence-electron chi connectivity index (χ0n) is 12.6. The Bertz CT molecular complexity index is 755. The average molecular weight is 330 g/mol. The predicted molar refractivity (Wildman–Crippen MR) is 89.2 cm³/mol. The van der Waals surface area contributed by atoms with E-state index in [0.717, 1.165) is 11.3 Å². The molecule has 2 aromatic rings. The molecule has 0 saturated carbocycles. The van der Waals surface area contributed by atoms with Crippen LogP contribution in [-0.2, 0) is 11.2 Å². The van der Waals surface area contributed by atoms with Crippen molar-refractivity contribution in [2.45, 2.75) is 13.3 Å². The summed E-state index contributed by atoms with van der Waals surface area (Å²) in [4.78, 5) is 23.6. The van der Waals surface area contributed by atoms with Crippen molar-refractivity contribution < 1.29 is 14.3 Å². The number of ether oxygens (including phenoxy) is 1. The van der Waals surface area contributed by atoms with Crippen molar-refractivity contribution in [2.75, 3.05) is 11.9 Å². The number of benzene rings is 2. The molecule has 2 aromatic carbocycles. The molecule has 1 heterocycles. The summed E-state index contributed by atoms with van der Waals surface area (Å²) < 4.78 is 5.64. The van der Waals surface area contributed by atoms with Crippen LogP contribution < -0.4 is 10.1 Å². The maximum Gasteiger partial charge on any atom is 0.231 e. The highest BCUT2D eigenvalue weighted by Gasteiger charge is 2.26. The Morgan fingerprint density at radius 2 is 1.91 bits per heavy atom. The topological polar surface area (TPSA) is 55.4 Å². The third kappa shape index (κ3) is 3.54. The lowest BCUT2D eigenvalue weighted by atomic mass is 9.96. The molecular formula is C18H16ClNO3. The Balaban J connectivity index is 1.68. The van der Waals surface area contributed by atoms with Crippen LogP contribution in [0.15, 0.2) is 42.5 Å². The summed E-state index contributed by atoms with van der Waals surface area (Å²) in [5.74, 6) is 0.404. The van der Waals surface area contributed by atoms with E-state index in [-0.39, 0.29) is 17.6 Å². The van der Waals surface area contributed by atoms with Gasteiger partial charge in [0.2, 0.25) is 5.91 Å². The van der Waals surface area contributed by atoms with Gasteiger partial charge in [-0.1, -0.05) is 11.6 Å². The molecule has 1 aliphatic rings. The predicted octanol–water partition coefficient (Wildman–Crippen LogP) is 3.73.